The van der Waals surface area contributed by atoms with Crippen LogP contribution in [0.5, 0.6) is 0 Å². The Labute approximate surface area is 138 Å². The van der Waals surface area contributed by atoms with Gasteiger partial charge in [-0.1, -0.05) is 0 Å². The topological polar surface area (TPSA) is 68.0 Å². The van der Waals surface area contributed by atoms with E-state index in [-0.39, 0.29) is 11.7 Å². The van der Waals surface area contributed by atoms with Gasteiger partial charge in [0, 0.05) is 11.5 Å². The highest BCUT2D eigenvalue weighted by molar-refractivity contribution is 9.11. The van der Waals surface area contributed by atoms with E-state index >= 15 is 0 Å². The van der Waals surface area contributed by atoms with Crippen LogP contribution in [0.1, 0.15) is 10.6 Å². The molecule has 0 saturated heterocycles. The Bertz CT molecular complexity index is 765. The van der Waals surface area contributed by atoms with Crippen LogP contribution in [0.2, 0.25) is 0 Å². The molecule has 3 rings (SSSR count). The zero-order valence-corrected chi connectivity index (χ0v) is 14.4. The first-order valence-electron chi connectivity index (χ1n) is 5.28. The highest BCUT2D eigenvalue weighted by Crippen LogP contribution is 2.31. The molecule has 0 spiro atoms. The van der Waals surface area contributed by atoms with E-state index < -0.39 is 0 Å². The van der Waals surface area contributed by atoms with E-state index in [9.17, 15) is 4.79 Å². The lowest BCUT2D eigenvalue weighted by molar-refractivity contribution is 0.0995. The second kappa shape index (κ2) is 5.76. The van der Waals surface area contributed by atoms with E-state index in [0.29, 0.717) is 15.6 Å². The van der Waals surface area contributed by atoms with Crippen LogP contribution in [0.25, 0.3) is 10.7 Å². The number of nitrogens with one attached hydrogen (secondary N) is 1. The van der Waals surface area contributed by atoms with Gasteiger partial charge in [-0.05, 0) is 56.1 Å². The van der Waals surface area contributed by atoms with Crippen LogP contribution in [0.3, 0.4) is 0 Å². The summed E-state index contributed by atoms with van der Waals surface area (Å²) < 4.78 is 10.9. The predicted octanol–water partition coefficient (Wildman–Crippen LogP) is 4.64. The first kappa shape index (κ1) is 13.9. The molecule has 0 aromatic carbocycles. The summed E-state index contributed by atoms with van der Waals surface area (Å²) in [7, 11) is 0. The van der Waals surface area contributed by atoms with Gasteiger partial charge in [0.2, 0.25) is 5.13 Å². The lowest BCUT2D eigenvalue weighted by Crippen LogP contribution is -2.10. The van der Waals surface area contributed by atoms with Crippen molar-refractivity contribution in [2.75, 3.05) is 5.32 Å². The monoisotopic (exact) mass is 433 g/mol. The van der Waals surface area contributed by atoms with Gasteiger partial charge in [0.1, 0.15) is 0 Å². The van der Waals surface area contributed by atoms with Crippen LogP contribution < -0.4 is 5.32 Å². The second-order valence-corrected chi connectivity index (χ2v) is 7.58. The standard InChI is InChI=1S/C11H5Br2N3O2S2/c12-7-3-1-5(18-7)10(17)15-11-14-9(16-20-11)6-2-4-8(13)19-6/h1-4H,(H,14,15,16,17). The van der Waals surface area contributed by atoms with Crippen LogP contribution >= 0.6 is 54.7 Å². The third kappa shape index (κ3) is 3.00. The normalized spacial score (nSPS) is 10.7. The fourth-order valence-electron chi connectivity index (χ4n) is 1.40. The average molecular weight is 435 g/mol. The van der Waals surface area contributed by atoms with Gasteiger partial charge in [0.25, 0.3) is 5.91 Å². The summed E-state index contributed by atoms with van der Waals surface area (Å²) in [6.45, 7) is 0. The Kier molecular flexibility index (Phi) is 4.01. The highest BCUT2D eigenvalue weighted by Gasteiger charge is 2.14. The van der Waals surface area contributed by atoms with Crippen LogP contribution in [-0.2, 0) is 0 Å². The summed E-state index contributed by atoms with van der Waals surface area (Å²) in [6, 6.07) is 7.09. The van der Waals surface area contributed by atoms with Crippen LogP contribution in [0, 0.1) is 0 Å². The third-order valence-corrected chi connectivity index (χ3v) is 4.91. The van der Waals surface area contributed by atoms with Crippen molar-refractivity contribution in [2.45, 2.75) is 0 Å². The first-order chi connectivity index (χ1) is 9.61. The van der Waals surface area contributed by atoms with Crippen molar-refractivity contribution < 1.29 is 9.21 Å². The molecule has 0 radical (unpaired) electrons. The molecule has 0 aliphatic rings. The van der Waals surface area contributed by atoms with Gasteiger partial charge in [0.15, 0.2) is 16.3 Å². The second-order valence-electron chi connectivity index (χ2n) is 3.58. The van der Waals surface area contributed by atoms with Crippen molar-refractivity contribution in [3.8, 4) is 10.7 Å². The summed E-state index contributed by atoms with van der Waals surface area (Å²) in [4.78, 5) is 17.1. The maximum absolute atomic E-state index is 11.9. The van der Waals surface area contributed by atoms with Gasteiger partial charge >= 0.3 is 0 Å². The van der Waals surface area contributed by atoms with E-state index in [1.54, 1.807) is 12.1 Å². The first-order valence-corrected chi connectivity index (χ1v) is 8.45. The van der Waals surface area contributed by atoms with Crippen molar-refractivity contribution in [2.24, 2.45) is 0 Å². The van der Waals surface area contributed by atoms with Gasteiger partial charge in [-0.15, -0.1) is 11.3 Å². The number of furan rings is 1. The van der Waals surface area contributed by atoms with Crippen molar-refractivity contribution in [1.82, 2.24) is 9.36 Å². The molecular weight excluding hydrogens is 430 g/mol. The molecule has 0 fully saturated rings. The molecule has 20 heavy (non-hydrogen) atoms. The molecule has 3 aromatic heterocycles. The Morgan fingerprint density at radius 3 is 2.75 bits per heavy atom. The molecule has 1 N–H and O–H groups in total. The van der Waals surface area contributed by atoms with Crippen molar-refractivity contribution in [1.29, 1.82) is 0 Å². The Balaban J connectivity index is 1.76. The molecule has 0 aliphatic carbocycles. The van der Waals surface area contributed by atoms with Gasteiger partial charge in [-0.2, -0.15) is 9.36 Å². The molecule has 3 heterocycles. The maximum Gasteiger partial charge on any atom is 0.293 e. The van der Waals surface area contributed by atoms with Crippen LogP contribution in [0.15, 0.2) is 37.1 Å². The third-order valence-electron chi connectivity index (χ3n) is 2.24. The largest absolute Gasteiger partial charge is 0.444 e. The minimum Gasteiger partial charge on any atom is -0.444 e. The molecular formula is C11H5Br2N3O2S2. The van der Waals surface area contributed by atoms with E-state index in [2.05, 4.69) is 46.5 Å². The van der Waals surface area contributed by atoms with E-state index in [4.69, 9.17) is 4.42 Å². The summed E-state index contributed by atoms with van der Waals surface area (Å²) in [6.07, 6.45) is 0. The lowest BCUT2D eigenvalue weighted by Gasteiger charge is -1.96. The SMILES string of the molecule is O=C(Nc1nc(-c2ccc(Br)s2)ns1)c1ccc(Br)o1. The molecule has 0 unspecified atom stereocenters. The average Bonchev–Trinajstić information content (AvgIpc) is 3.10. The van der Waals surface area contributed by atoms with Gasteiger partial charge < -0.3 is 4.42 Å². The van der Waals surface area contributed by atoms with Gasteiger partial charge in [0.05, 0.1) is 8.66 Å². The molecule has 0 aliphatic heterocycles. The number of anilines is 1. The minimum atomic E-state index is -0.356. The fraction of sp³-hybridized carbons (Fsp3) is 0. The summed E-state index contributed by atoms with van der Waals surface area (Å²) in [5, 5.41) is 3.09. The summed E-state index contributed by atoms with van der Waals surface area (Å²) in [5.74, 6) is 0.458. The van der Waals surface area contributed by atoms with E-state index in [1.165, 1.54) is 11.3 Å². The van der Waals surface area contributed by atoms with E-state index in [0.717, 1.165) is 20.2 Å². The highest BCUT2D eigenvalue weighted by atomic mass is 79.9. The number of aromatic nitrogens is 2. The van der Waals surface area contributed by atoms with Crippen LogP contribution in [-0.4, -0.2) is 15.3 Å². The zero-order chi connectivity index (χ0) is 14.1. The van der Waals surface area contributed by atoms with Gasteiger partial charge in [-0.3, -0.25) is 10.1 Å². The van der Waals surface area contributed by atoms with Gasteiger partial charge in [-0.25, -0.2) is 0 Å². The molecule has 5 nitrogen and oxygen atoms in total. The zero-order valence-electron chi connectivity index (χ0n) is 9.59. The minimum absolute atomic E-state index is 0.215. The predicted molar refractivity (Wildman–Crippen MR) is 85.3 cm³/mol. The number of thiophene rings is 1. The van der Waals surface area contributed by atoms with Crippen molar-refractivity contribution >= 4 is 65.8 Å². The fourth-order valence-corrected chi connectivity index (χ4v) is 3.67. The number of nitrogens with zero attached hydrogens (tertiary/aromatic N) is 2. The number of carbonyl (C=O) groups excluding carboxylic acids is 1. The maximum atomic E-state index is 11.9. The van der Waals surface area contributed by atoms with Crippen molar-refractivity contribution in [3.63, 3.8) is 0 Å². The number of hydrogen-bond donors (Lipinski definition) is 1. The Morgan fingerprint density at radius 2 is 2.10 bits per heavy atom. The number of halogens is 2. The number of amides is 1. The molecule has 102 valence electrons. The summed E-state index contributed by atoms with van der Waals surface area (Å²) in [5.41, 5.74) is 0. The molecule has 3 aromatic rings. The van der Waals surface area contributed by atoms with Crippen molar-refractivity contribution in [3.05, 3.63) is 38.5 Å². The Morgan fingerprint density at radius 1 is 1.25 bits per heavy atom. The number of hydrogen-bond acceptors (Lipinski definition) is 6. The summed E-state index contributed by atoms with van der Waals surface area (Å²) >= 11 is 9.20. The van der Waals surface area contributed by atoms with E-state index in [1.807, 2.05) is 12.1 Å². The van der Waals surface area contributed by atoms with Crippen LogP contribution in [0.4, 0.5) is 5.13 Å². The smallest absolute Gasteiger partial charge is 0.293 e. The molecule has 0 saturated carbocycles. The quantitative estimate of drug-likeness (QED) is 0.652. The number of rotatable bonds is 3. The molecule has 1 amide bonds. The Hall–Kier alpha value is -1.03. The molecule has 0 atom stereocenters. The lowest BCUT2D eigenvalue weighted by atomic mass is 10.4. The number of carbonyl (C=O) groups is 1. The molecule has 0 bridgehead atoms. The molecule has 9 heteroatoms.